The van der Waals surface area contributed by atoms with Gasteiger partial charge in [-0.05, 0) is 17.7 Å². The second-order valence-corrected chi connectivity index (χ2v) is 7.62. The van der Waals surface area contributed by atoms with Crippen molar-refractivity contribution in [3.63, 3.8) is 0 Å². The number of nitrogens with one attached hydrogen (secondary N) is 1. The van der Waals surface area contributed by atoms with E-state index in [1.165, 1.54) is 31.6 Å². The van der Waals surface area contributed by atoms with Crippen LogP contribution in [0.15, 0.2) is 47.8 Å². The number of aromatic nitrogens is 2. The van der Waals surface area contributed by atoms with E-state index < -0.39 is 15.9 Å². The van der Waals surface area contributed by atoms with Crippen LogP contribution in [-0.2, 0) is 26.1 Å². The predicted octanol–water partition coefficient (Wildman–Crippen LogP) is 0.439. The number of nitrogens with zero attached hydrogens (tertiary/aromatic N) is 3. The van der Waals surface area contributed by atoms with Crippen LogP contribution in [0.25, 0.3) is 0 Å². The average molecular weight is 394 g/mol. The number of carbonyl (C=O) groups excluding carboxylic acids is 1. The molecule has 1 N–H and O–H groups in total. The lowest BCUT2D eigenvalue weighted by Crippen LogP contribution is -2.38. The minimum absolute atomic E-state index is 0.0357. The molecule has 0 radical (unpaired) electrons. The number of ether oxygens (including phenoxy) is 2. The quantitative estimate of drug-likeness (QED) is 0.582. The number of hydrogen-bond donors (Lipinski definition) is 1. The van der Waals surface area contributed by atoms with Crippen LogP contribution in [0.5, 0.6) is 5.88 Å². The maximum absolute atomic E-state index is 12.4. The van der Waals surface area contributed by atoms with E-state index in [0.29, 0.717) is 19.1 Å². The Bertz CT molecular complexity index is 828. The molecule has 9 nitrogen and oxygen atoms in total. The summed E-state index contributed by atoms with van der Waals surface area (Å²) < 4.78 is 35.9. The van der Waals surface area contributed by atoms with Gasteiger partial charge in [0.15, 0.2) is 0 Å². The molecule has 2 rings (SSSR count). The van der Waals surface area contributed by atoms with Crippen LogP contribution in [0.2, 0.25) is 0 Å². The molecule has 0 aliphatic heterocycles. The van der Waals surface area contributed by atoms with Crippen LogP contribution in [0.3, 0.4) is 0 Å². The molecule has 146 valence electrons. The summed E-state index contributed by atoms with van der Waals surface area (Å²) in [6, 6.07) is 6.41. The number of likely N-dealkylation sites (N-methyl/N-ethyl adjacent to an activating group) is 1. The van der Waals surface area contributed by atoms with Crippen molar-refractivity contribution >= 4 is 15.9 Å². The molecule has 0 aromatic carbocycles. The average Bonchev–Trinajstić information content (AvgIpc) is 2.68. The van der Waals surface area contributed by atoms with E-state index >= 15 is 0 Å². The molecular weight excluding hydrogens is 372 g/mol. The maximum Gasteiger partial charge on any atom is 0.244 e. The highest BCUT2D eigenvalue weighted by molar-refractivity contribution is 7.89. The number of carbonyl (C=O) groups is 1. The van der Waals surface area contributed by atoms with Crippen LogP contribution in [-0.4, -0.2) is 62.5 Å². The fourth-order valence-electron chi connectivity index (χ4n) is 2.05. The Balaban J connectivity index is 1.83. The first kappa shape index (κ1) is 20.7. The van der Waals surface area contributed by atoms with Gasteiger partial charge >= 0.3 is 0 Å². The third-order valence-electron chi connectivity index (χ3n) is 3.53. The maximum atomic E-state index is 12.4. The molecular formula is C17H22N4O5S. The van der Waals surface area contributed by atoms with E-state index in [1.807, 2.05) is 0 Å². The van der Waals surface area contributed by atoms with Gasteiger partial charge in [0.05, 0.1) is 13.2 Å². The Kier molecular flexibility index (Phi) is 7.65. The molecule has 27 heavy (non-hydrogen) atoms. The molecule has 0 saturated carbocycles. The summed E-state index contributed by atoms with van der Waals surface area (Å²) >= 11 is 0. The highest BCUT2D eigenvalue weighted by Gasteiger charge is 2.22. The highest BCUT2D eigenvalue weighted by Crippen LogP contribution is 2.12. The van der Waals surface area contributed by atoms with E-state index in [2.05, 4.69) is 15.3 Å². The fraction of sp³-hybridized carbons (Fsp3) is 0.353. The SMILES string of the molecule is COCCOc1ccc(CNC(=O)CN(C)S(=O)(=O)c2cccnc2)cn1. The Labute approximate surface area is 158 Å². The van der Waals surface area contributed by atoms with Gasteiger partial charge in [-0.3, -0.25) is 9.78 Å². The van der Waals surface area contributed by atoms with Gasteiger partial charge in [-0.2, -0.15) is 4.31 Å². The molecule has 0 unspecified atom stereocenters. The molecule has 0 bridgehead atoms. The van der Waals surface area contributed by atoms with Crippen LogP contribution in [0.4, 0.5) is 0 Å². The van der Waals surface area contributed by atoms with Crippen LogP contribution in [0.1, 0.15) is 5.56 Å². The van der Waals surface area contributed by atoms with Crippen molar-refractivity contribution in [2.45, 2.75) is 11.4 Å². The molecule has 2 aromatic rings. The largest absolute Gasteiger partial charge is 0.475 e. The number of hydrogen-bond acceptors (Lipinski definition) is 7. The van der Waals surface area contributed by atoms with Crippen molar-refractivity contribution < 1.29 is 22.7 Å². The number of rotatable bonds is 10. The summed E-state index contributed by atoms with van der Waals surface area (Å²) in [5.41, 5.74) is 0.764. The molecule has 1 amide bonds. The van der Waals surface area contributed by atoms with Crippen LogP contribution < -0.4 is 10.1 Å². The molecule has 0 aliphatic carbocycles. The first-order chi connectivity index (χ1) is 12.9. The smallest absolute Gasteiger partial charge is 0.244 e. The van der Waals surface area contributed by atoms with Gasteiger partial charge in [-0.1, -0.05) is 6.07 Å². The van der Waals surface area contributed by atoms with Crippen molar-refractivity contribution in [3.8, 4) is 5.88 Å². The Morgan fingerprint density at radius 1 is 1.22 bits per heavy atom. The first-order valence-corrected chi connectivity index (χ1v) is 9.57. The molecule has 2 heterocycles. The number of amides is 1. The van der Waals surface area contributed by atoms with Crippen molar-refractivity contribution in [2.24, 2.45) is 0 Å². The van der Waals surface area contributed by atoms with Gasteiger partial charge in [0.2, 0.25) is 21.8 Å². The van der Waals surface area contributed by atoms with E-state index in [1.54, 1.807) is 25.4 Å². The minimum atomic E-state index is -3.76. The third kappa shape index (κ3) is 6.27. The Hall–Kier alpha value is -2.56. The fourth-order valence-corrected chi connectivity index (χ4v) is 3.15. The van der Waals surface area contributed by atoms with Gasteiger partial charge < -0.3 is 14.8 Å². The van der Waals surface area contributed by atoms with E-state index in [4.69, 9.17) is 9.47 Å². The summed E-state index contributed by atoms with van der Waals surface area (Å²) in [6.07, 6.45) is 4.30. The molecule has 0 fully saturated rings. The molecule has 10 heteroatoms. The zero-order chi connectivity index (χ0) is 19.7. The topological polar surface area (TPSA) is 111 Å². The van der Waals surface area contributed by atoms with Gasteiger partial charge in [0.25, 0.3) is 0 Å². The zero-order valence-corrected chi connectivity index (χ0v) is 16.0. The summed E-state index contributed by atoms with van der Waals surface area (Å²) in [7, 11) is -0.835. The number of pyridine rings is 2. The number of sulfonamides is 1. The van der Waals surface area contributed by atoms with Gasteiger partial charge in [0.1, 0.15) is 11.5 Å². The van der Waals surface area contributed by atoms with Crippen LogP contribution in [0, 0.1) is 0 Å². The second kappa shape index (κ2) is 9.95. The molecule has 0 spiro atoms. The molecule has 2 aromatic heterocycles. The van der Waals surface area contributed by atoms with Crippen molar-refractivity contribution in [3.05, 3.63) is 48.4 Å². The van der Waals surface area contributed by atoms with E-state index in [-0.39, 0.29) is 18.0 Å². The summed E-state index contributed by atoms with van der Waals surface area (Å²) in [6.45, 7) is 0.792. The monoisotopic (exact) mass is 394 g/mol. The van der Waals surface area contributed by atoms with Gasteiger partial charge in [-0.25, -0.2) is 13.4 Å². The Morgan fingerprint density at radius 2 is 2.04 bits per heavy atom. The zero-order valence-electron chi connectivity index (χ0n) is 15.2. The normalized spacial score (nSPS) is 11.4. The van der Waals surface area contributed by atoms with Crippen molar-refractivity contribution in [2.75, 3.05) is 33.9 Å². The Morgan fingerprint density at radius 3 is 2.67 bits per heavy atom. The van der Waals surface area contributed by atoms with Crippen LogP contribution >= 0.6 is 0 Å². The highest BCUT2D eigenvalue weighted by atomic mass is 32.2. The summed E-state index contributed by atoms with van der Waals surface area (Å²) in [5, 5.41) is 2.66. The third-order valence-corrected chi connectivity index (χ3v) is 5.32. The molecule has 0 aliphatic rings. The standard InChI is InChI=1S/C17H22N4O5S/c1-21(27(23,24)15-4-3-7-18-12-15)13-16(22)19-10-14-5-6-17(20-11-14)26-9-8-25-2/h3-7,11-12H,8-10,13H2,1-2H3,(H,19,22). The lowest BCUT2D eigenvalue weighted by molar-refractivity contribution is -0.121. The lowest BCUT2D eigenvalue weighted by Gasteiger charge is -2.16. The molecule has 0 atom stereocenters. The summed E-state index contributed by atoms with van der Waals surface area (Å²) in [5.74, 6) is 0.0369. The summed E-state index contributed by atoms with van der Waals surface area (Å²) in [4.78, 5) is 20.0. The van der Waals surface area contributed by atoms with E-state index in [0.717, 1.165) is 9.87 Å². The molecule has 0 saturated heterocycles. The van der Waals surface area contributed by atoms with Gasteiger partial charge in [0, 0.05) is 45.4 Å². The van der Waals surface area contributed by atoms with Gasteiger partial charge in [-0.15, -0.1) is 0 Å². The number of methoxy groups -OCH3 is 1. The lowest BCUT2D eigenvalue weighted by atomic mass is 10.3. The second-order valence-electron chi connectivity index (χ2n) is 5.57. The van der Waals surface area contributed by atoms with Crippen molar-refractivity contribution in [1.82, 2.24) is 19.6 Å². The minimum Gasteiger partial charge on any atom is -0.475 e. The van der Waals surface area contributed by atoms with Crippen molar-refractivity contribution in [1.29, 1.82) is 0 Å². The first-order valence-electron chi connectivity index (χ1n) is 8.13. The van der Waals surface area contributed by atoms with E-state index in [9.17, 15) is 13.2 Å². The predicted molar refractivity (Wildman–Crippen MR) is 97.5 cm³/mol.